The molecule has 3 atom stereocenters. The third-order valence-electron chi connectivity index (χ3n) is 6.13. The van der Waals surface area contributed by atoms with E-state index in [9.17, 15) is 9.36 Å². The maximum absolute atomic E-state index is 12.1. The minimum atomic E-state index is -4.26. The summed E-state index contributed by atoms with van der Waals surface area (Å²) < 4.78 is 27.9. The van der Waals surface area contributed by atoms with Crippen LogP contribution in [-0.4, -0.2) is 47.2 Å². The van der Waals surface area contributed by atoms with Gasteiger partial charge in [-0.05, 0) is 63.4 Å². The van der Waals surface area contributed by atoms with Gasteiger partial charge >= 0.3 is 13.3 Å². The van der Waals surface area contributed by atoms with Crippen molar-refractivity contribution in [3.8, 4) is 0 Å². The van der Waals surface area contributed by atoms with Gasteiger partial charge < -0.3 is 9.84 Å². The van der Waals surface area contributed by atoms with Crippen LogP contribution < -0.4 is 0 Å². The van der Waals surface area contributed by atoms with E-state index >= 15 is 0 Å². The Bertz CT molecular complexity index is 557. The standard InChI is InChI=1S/C25H49O7PS/c1-4-19-29-33(28,25(26)27)32-31-22(3)15-11-8-6-7-9-14-20-34-21-18-23(5-2)30-24-16-12-10-13-17-24/h22-24H,4-21H2,1-3H3,(H,26,27). The van der Waals surface area contributed by atoms with E-state index in [0.29, 0.717) is 18.6 Å². The number of unbranched alkanes of at least 4 members (excludes halogenated alkanes) is 5. The molecule has 1 fully saturated rings. The summed E-state index contributed by atoms with van der Waals surface area (Å²) in [5, 5.41) is 9.03. The van der Waals surface area contributed by atoms with Crippen molar-refractivity contribution in [2.45, 2.75) is 135 Å². The van der Waals surface area contributed by atoms with Crippen LogP contribution in [0.4, 0.5) is 4.79 Å². The minimum Gasteiger partial charge on any atom is -0.472 e. The summed E-state index contributed by atoms with van der Waals surface area (Å²) in [7, 11) is -4.26. The summed E-state index contributed by atoms with van der Waals surface area (Å²) in [4.78, 5) is 16.1. The molecule has 0 heterocycles. The monoisotopic (exact) mass is 524 g/mol. The van der Waals surface area contributed by atoms with Crippen LogP contribution in [-0.2, 0) is 23.4 Å². The second kappa shape index (κ2) is 20.0. The lowest BCUT2D eigenvalue weighted by Crippen LogP contribution is -2.24. The quantitative estimate of drug-likeness (QED) is 0.0651. The molecule has 1 aliphatic rings. The lowest BCUT2D eigenvalue weighted by molar-refractivity contribution is -0.247. The normalized spacial score (nSPS) is 18.4. The van der Waals surface area contributed by atoms with Crippen molar-refractivity contribution < 1.29 is 33.3 Å². The fourth-order valence-corrected chi connectivity index (χ4v) is 5.94. The highest BCUT2D eigenvalue weighted by Crippen LogP contribution is 2.49. The number of hydrogen-bond acceptors (Lipinski definition) is 7. The molecule has 9 heteroatoms. The number of carbonyl (C=O) groups is 1. The molecule has 0 bridgehead atoms. The molecule has 0 aromatic carbocycles. The van der Waals surface area contributed by atoms with E-state index in [1.54, 1.807) is 13.8 Å². The van der Waals surface area contributed by atoms with Crippen LogP contribution in [0.1, 0.15) is 117 Å². The largest absolute Gasteiger partial charge is 0.472 e. The van der Waals surface area contributed by atoms with Gasteiger partial charge in [-0.3, -0.25) is 4.52 Å². The van der Waals surface area contributed by atoms with Gasteiger partial charge in [-0.1, -0.05) is 65.2 Å². The zero-order valence-corrected chi connectivity index (χ0v) is 23.4. The van der Waals surface area contributed by atoms with Crippen LogP contribution in [0, 0.1) is 0 Å². The summed E-state index contributed by atoms with van der Waals surface area (Å²) in [6, 6.07) is 0. The predicted octanol–water partition coefficient (Wildman–Crippen LogP) is 8.60. The maximum Gasteiger partial charge on any atom is 0.464 e. The molecule has 0 saturated heterocycles. The van der Waals surface area contributed by atoms with Crippen LogP contribution in [0.5, 0.6) is 0 Å². The first kappa shape index (κ1) is 31.9. The van der Waals surface area contributed by atoms with Gasteiger partial charge in [0.05, 0.1) is 24.9 Å². The first-order valence-corrected chi connectivity index (χ1v) is 16.2. The molecule has 0 aliphatic heterocycles. The number of ether oxygens (including phenoxy) is 1. The smallest absolute Gasteiger partial charge is 0.464 e. The molecule has 34 heavy (non-hydrogen) atoms. The molecule has 0 amide bonds. The topological polar surface area (TPSA) is 91.3 Å². The van der Waals surface area contributed by atoms with Gasteiger partial charge in [-0.25, -0.2) is 14.2 Å². The highest BCUT2D eigenvalue weighted by atomic mass is 32.2. The first-order chi connectivity index (χ1) is 16.4. The summed E-state index contributed by atoms with van der Waals surface area (Å²) in [6.45, 7) is 5.87. The van der Waals surface area contributed by atoms with Crippen molar-refractivity contribution in [1.29, 1.82) is 0 Å². The Morgan fingerprint density at radius 2 is 1.68 bits per heavy atom. The summed E-state index contributed by atoms with van der Waals surface area (Å²) in [6.07, 6.45) is 17.7. The minimum absolute atomic E-state index is 0.0495. The molecule has 3 unspecified atom stereocenters. The van der Waals surface area contributed by atoms with Gasteiger partial charge in [0.15, 0.2) is 0 Å². The molecule has 0 aromatic rings. The summed E-state index contributed by atoms with van der Waals surface area (Å²) >= 11 is 2.06. The Hall–Kier alpha value is -0.110. The van der Waals surface area contributed by atoms with Crippen molar-refractivity contribution in [1.82, 2.24) is 0 Å². The second-order valence-electron chi connectivity index (χ2n) is 9.33. The number of thioether (sulfide) groups is 1. The van der Waals surface area contributed by atoms with Crippen LogP contribution in [0.15, 0.2) is 0 Å². The van der Waals surface area contributed by atoms with E-state index in [4.69, 9.17) is 19.3 Å². The molecule has 202 valence electrons. The average Bonchev–Trinajstić information content (AvgIpc) is 2.84. The third kappa shape index (κ3) is 15.1. The number of hydrogen-bond donors (Lipinski definition) is 1. The maximum atomic E-state index is 12.1. The third-order valence-corrected chi connectivity index (χ3v) is 8.51. The van der Waals surface area contributed by atoms with Crippen molar-refractivity contribution in [3.05, 3.63) is 0 Å². The molecule has 1 rings (SSSR count). The Kier molecular flexibility index (Phi) is 18.8. The van der Waals surface area contributed by atoms with E-state index in [1.165, 1.54) is 75.7 Å². The van der Waals surface area contributed by atoms with E-state index in [-0.39, 0.29) is 12.7 Å². The Labute approximate surface area is 211 Å². The fraction of sp³-hybridized carbons (Fsp3) is 0.960. The van der Waals surface area contributed by atoms with E-state index in [0.717, 1.165) is 25.7 Å². The molecule has 0 spiro atoms. The van der Waals surface area contributed by atoms with Gasteiger partial charge in [0.2, 0.25) is 0 Å². The lowest BCUT2D eigenvalue weighted by Gasteiger charge is -2.27. The van der Waals surface area contributed by atoms with Gasteiger partial charge in [-0.2, -0.15) is 11.8 Å². The second-order valence-corrected chi connectivity index (χ2v) is 12.3. The molecular formula is C25H49O7PS. The molecule has 1 saturated carbocycles. The van der Waals surface area contributed by atoms with Gasteiger partial charge in [0.25, 0.3) is 0 Å². The highest BCUT2D eigenvalue weighted by Gasteiger charge is 2.37. The van der Waals surface area contributed by atoms with Crippen LogP contribution in [0.3, 0.4) is 0 Å². The van der Waals surface area contributed by atoms with E-state index in [1.807, 2.05) is 0 Å². The predicted molar refractivity (Wildman–Crippen MR) is 140 cm³/mol. The molecule has 1 N–H and O–H groups in total. The van der Waals surface area contributed by atoms with Gasteiger partial charge in [0, 0.05) is 0 Å². The molecule has 0 radical (unpaired) electrons. The van der Waals surface area contributed by atoms with Crippen LogP contribution >= 0.6 is 19.4 Å². The summed E-state index contributed by atoms with van der Waals surface area (Å²) in [5.41, 5.74) is -1.62. The van der Waals surface area contributed by atoms with E-state index < -0.39 is 13.3 Å². The lowest BCUT2D eigenvalue weighted by atomic mass is 9.97. The van der Waals surface area contributed by atoms with Crippen molar-refractivity contribution in [2.24, 2.45) is 0 Å². The van der Waals surface area contributed by atoms with Crippen molar-refractivity contribution in [2.75, 3.05) is 18.1 Å². The van der Waals surface area contributed by atoms with Gasteiger partial charge in [-0.15, -0.1) is 4.67 Å². The van der Waals surface area contributed by atoms with Crippen molar-refractivity contribution in [3.63, 3.8) is 0 Å². The number of rotatable bonds is 22. The Morgan fingerprint density at radius 3 is 2.32 bits per heavy atom. The van der Waals surface area contributed by atoms with Crippen LogP contribution in [0.2, 0.25) is 0 Å². The fourth-order valence-electron chi connectivity index (χ4n) is 4.00. The highest BCUT2D eigenvalue weighted by molar-refractivity contribution is 7.99. The zero-order valence-electron chi connectivity index (χ0n) is 21.7. The Morgan fingerprint density at radius 1 is 1.00 bits per heavy atom. The molecular weight excluding hydrogens is 475 g/mol. The Balaban J connectivity index is 1.95. The molecule has 0 aromatic heterocycles. The SMILES string of the molecule is CCCOP(=O)(OOC(C)CCCCCCCCSCCC(CC)OC1CCCCC1)C(=O)O. The number of carboxylic acid groups (broad SMARTS) is 1. The zero-order chi connectivity index (χ0) is 25.1. The molecule has 1 aliphatic carbocycles. The van der Waals surface area contributed by atoms with Gasteiger partial charge in [0.1, 0.15) is 0 Å². The van der Waals surface area contributed by atoms with E-state index in [2.05, 4.69) is 23.4 Å². The first-order valence-electron chi connectivity index (χ1n) is 13.5. The average molecular weight is 525 g/mol. The molecule has 7 nitrogen and oxygen atoms in total. The summed E-state index contributed by atoms with van der Waals surface area (Å²) in [5.74, 6) is 2.43. The van der Waals surface area contributed by atoms with Crippen LogP contribution in [0.25, 0.3) is 0 Å². The van der Waals surface area contributed by atoms with Crippen molar-refractivity contribution >= 4 is 25.1 Å².